The first-order chi connectivity index (χ1) is 10.4. The Morgan fingerprint density at radius 2 is 2.14 bits per heavy atom. The highest BCUT2D eigenvalue weighted by molar-refractivity contribution is 9.10. The van der Waals surface area contributed by atoms with E-state index in [1.807, 2.05) is 12.1 Å². The summed E-state index contributed by atoms with van der Waals surface area (Å²) in [4.78, 5) is 13.2. The van der Waals surface area contributed by atoms with Crippen molar-refractivity contribution >= 4 is 39.2 Å². The number of hydrazine groups is 1. The molecule has 0 unspecified atom stereocenters. The molecule has 0 aromatic heterocycles. The molecule has 0 aliphatic carbocycles. The Morgan fingerprint density at radius 1 is 1.41 bits per heavy atom. The molecule has 22 heavy (non-hydrogen) atoms. The van der Waals surface area contributed by atoms with Gasteiger partial charge >= 0.3 is 0 Å². The van der Waals surface area contributed by atoms with Crippen LogP contribution in [0.25, 0.3) is 0 Å². The number of thiocarbonyl (C=S) groups is 1. The first-order valence-electron chi connectivity index (χ1n) is 6.93. The van der Waals surface area contributed by atoms with Gasteiger partial charge in [0, 0.05) is 4.47 Å². The zero-order valence-corrected chi connectivity index (χ0v) is 15.3. The van der Waals surface area contributed by atoms with Crippen molar-refractivity contribution in [3.8, 4) is 5.75 Å². The summed E-state index contributed by atoms with van der Waals surface area (Å²) >= 11 is 8.42. The van der Waals surface area contributed by atoms with E-state index in [0.29, 0.717) is 10.9 Å². The molecule has 1 amide bonds. The number of benzene rings is 1. The quantitative estimate of drug-likeness (QED) is 0.402. The van der Waals surface area contributed by atoms with Crippen molar-refractivity contribution in [2.45, 2.75) is 13.0 Å². The predicted octanol–water partition coefficient (Wildman–Crippen LogP) is -0.144. The first-order valence-corrected chi connectivity index (χ1v) is 8.13. The van der Waals surface area contributed by atoms with Gasteiger partial charge in [0.05, 0.1) is 27.2 Å². The van der Waals surface area contributed by atoms with E-state index in [9.17, 15) is 4.79 Å². The Kier molecular flexibility index (Phi) is 8.15. The number of hydrogen-bond donors (Lipinski definition) is 4. The van der Waals surface area contributed by atoms with Crippen molar-refractivity contribution in [2.24, 2.45) is 0 Å². The number of hydrogen-bond acceptors (Lipinski definition) is 3. The van der Waals surface area contributed by atoms with Crippen molar-refractivity contribution < 1.29 is 14.4 Å². The van der Waals surface area contributed by atoms with E-state index in [4.69, 9.17) is 17.0 Å². The molecule has 1 aromatic carbocycles. The number of halogens is 1. The maximum Gasteiger partial charge on any atom is 0.279 e. The second-order valence-corrected chi connectivity index (χ2v) is 6.37. The molecular formula is C14H22BrN4O2S+. The van der Waals surface area contributed by atoms with E-state index in [-0.39, 0.29) is 5.91 Å². The molecule has 6 nitrogen and oxygen atoms in total. The van der Waals surface area contributed by atoms with Gasteiger partial charge in [-0.1, -0.05) is 22.0 Å². The summed E-state index contributed by atoms with van der Waals surface area (Å²) in [7, 11) is 4.11. The van der Waals surface area contributed by atoms with Crippen LogP contribution < -0.4 is 25.8 Å². The Labute approximate surface area is 144 Å². The molecule has 0 fully saturated rings. The number of likely N-dealkylation sites (N-methyl/N-ethyl adjacent to an activating group) is 1. The standard InChI is InChI=1S/C14H21BrN4O2S/c1-10(21-12-6-4-5-11(15)9-12)13(20)17-18-14(22)16-7-8-19(2)3/h4-6,9-10H,7-8H2,1-3H3,(H,17,20)(H2,16,18,22)/p+1/t10-/m1/s1. The molecule has 0 saturated carbocycles. The van der Waals surface area contributed by atoms with E-state index in [1.165, 1.54) is 4.90 Å². The maximum absolute atomic E-state index is 11.9. The summed E-state index contributed by atoms with van der Waals surface area (Å²) < 4.78 is 6.45. The van der Waals surface area contributed by atoms with E-state index in [2.05, 4.69) is 46.2 Å². The second kappa shape index (κ2) is 9.60. The highest BCUT2D eigenvalue weighted by Gasteiger charge is 2.14. The van der Waals surface area contributed by atoms with Crippen LogP contribution >= 0.6 is 28.1 Å². The number of nitrogens with one attached hydrogen (secondary N) is 4. The fraction of sp³-hybridized carbons (Fsp3) is 0.429. The molecule has 0 heterocycles. The molecule has 1 atom stereocenters. The highest BCUT2D eigenvalue weighted by Crippen LogP contribution is 2.18. The third-order valence-electron chi connectivity index (χ3n) is 2.69. The van der Waals surface area contributed by atoms with E-state index < -0.39 is 6.10 Å². The average Bonchev–Trinajstić information content (AvgIpc) is 2.44. The van der Waals surface area contributed by atoms with Gasteiger partial charge in [-0.2, -0.15) is 0 Å². The number of carbonyl (C=O) groups is 1. The molecule has 0 bridgehead atoms. The lowest BCUT2D eigenvalue weighted by molar-refractivity contribution is -0.856. The number of quaternary nitrogens is 1. The fourth-order valence-electron chi connectivity index (χ4n) is 1.49. The molecule has 0 aliphatic heterocycles. The topological polar surface area (TPSA) is 66.8 Å². The van der Waals surface area contributed by atoms with Gasteiger partial charge in [0.15, 0.2) is 11.2 Å². The molecule has 0 saturated heterocycles. The molecule has 1 aromatic rings. The van der Waals surface area contributed by atoms with Gasteiger partial charge < -0.3 is 15.0 Å². The number of ether oxygens (including phenoxy) is 1. The lowest BCUT2D eigenvalue weighted by atomic mass is 10.3. The summed E-state index contributed by atoms with van der Waals surface area (Å²) in [5.74, 6) is 0.314. The van der Waals surface area contributed by atoms with Gasteiger partial charge in [0.2, 0.25) is 0 Å². The summed E-state index contributed by atoms with van der Waals surface area (Å²) in [5, 5.41) is 3.38. The van der Waals surface area contributed by atoms with Gasteiger partial charge in [0.1, 0.15) is 5.75 Å². The van der Waals surface area contributed by atoms with Crippen LogP contribution in [0.5, 0.6) is 5.75 Å². The summed E-state index contributed by atoms with van der Waals surface area (Å²) in [6, 6.07) is 7.32. The number of amides is 1. The summed E-state index contributed by atoms with van der Waals surface area (Å²) in [5.41, 5.74) is 5.18. The van der Waals surface area contributed by atoms with Crippen LogP contribution in [0.2, 0.25) is 0 Å². The van der Waals surface area contributed by atoms with Gasteiger partial charge in [-0.15, -0.1) is 0 Å². The van der Waals surface area contributed by atoms with Crippen LogP contribution in [0.4, 0.5) is 0 Å². The number of rotatable bonds is 6. The summed E-state index contributed by atoms with van der Waals surface area (Å²) in [6.45, 7) is 3.33. The van der Waals surface area contributed by atoms with Crippen LogP contribution in [0.1, 0.15) is 6.92 Å². The van der Waals surface area contributed by atoms with Crippen LogP contribution in [0.3, 0.4) is 0 Å². The molecular weight excluding hydrogens is 368 g/mol. The Bertz CT molecular complexity index is 513. The van der Waals surface area contributed by atoms with E-state index in [0.717, 1.165) is 17.6 Å². The van der Waals surface area contributed by atoms with Crippen molar-refractivity contribution in [2.75, 3.05) is 27.2 Å². The molecule has 4 N–H and O–H groups in total. The third-order valence-corrected chi connectivity index (χ3v) is 3.43. The Balaban J connectivity index is 2.30. The molecule has 0 aliphatic rings. The van der Waals surface area contributed by atoms with Gasteiger partial charge in [0.25, 0.3) is 5.91 Å². The van der Waals surface area contributed by atoms with Gasteiger partial charge in [-0.3, -0.25) is 15.6 Å². The minimum Gasteiger partial charge on any atom is -0.481 e. The average molecular weight is 390 g/mol. The molecule has 122 valence electrons. The minimum absolute atomic E-state index is 0.303. The molecule has 0 radical (unpaired) electrons. The number of carbonyl (C=O) groups excluding carboxylic acids is 1. The molecule has 0 spiro atoms. The molecule has 8 heteroatoms. The minimum atomic E-state index is -0.643. The van der Waals surface area contributed by atoms with Crippen LogP contribution in [-0.4, -0.2) is 44.3 Å². The largest absolute Gasteiger partial charge is 0.481 e. The first kappa shape index (κ1) is 18.7. The smallest absolute Gasteiger partial charge is 0.279 e. The van der Waals surface area contributed by atoms with E-state index >= 15 is 0 Å². The van der Waals surface area contributed by atoms with Crippen molar-refractivity contribution in [1.82, 2.24) is 16.2 Å². The normalized spacial score (nSPS) is 11.7. The Morgan fingerprint density at radius 3 is 2.77 bits per heavy atom. The monoisotopic (exact) mass is 389 g/mol. The van der Waals surface area contributed by atoms with Crippen molar-refractivity contribution in [1.29, 1.82) is 0 Å². The van der Waals surface area contributed by atoms with E-state index in [1.54, 1.807) is 19.1 Å². The van der Waals surface area contributed by atoms with Gasteiger partial charge in [-0.05, 0) is 37.3 Å². The third kappa shape index (κ3) is 7.58. The zero-order chi connectivity index (χ0) is 16.5. The lowest BCUT2D eigenvalue weighted by Crippen LogP contribution is -3.06. The highest BCUT2D eigenvalue weighted by atomic mass is 79.9. The van der Waals surface area contributed by atoms with Crippen LogP contribution in [0.15, 0.2) is 28.7 Å². The second-order valence-electron chi connectivity index (χ2n) is 5.04. The Hall–Kier alpha value is -1.38. The fourth-order valence-corrected chi connectivity index (χ4v) is 2.02. The van der Waals surface area contributed by atoms with Crippen LogP contribution in [0, 0.1) is 0 Å². The lowest BCUT2D eigenvalue weighted by Gasteiger charge is -2.17. The SMILES string of the molecule is C[C@@H](Oc1cccc(Br)c1)C(=O)NNC(=S)NCC[NH+](C)C. The van der Waals surface area contributed by atoms with Crippen LogP contribution in [-0.2, 0) is 4.79 Å². The zero-order valence-electron chi connectivity index (χ0n) is 12.9. The summed E-state index contributed by atoms with van der Waals surface area (Å²) in [6.07, 6.45) is -0.643. The maximum atomic E-state index is 11.9. The predicted molar refractivity (Wildman–Crippen MR) is 93.8 cm³/mol. The molecule has 1 rings (SSSR count). The van der Waals surface area contributed by atoms with Crippen molar-refractivity contribution in [3.63, 3.8) is 0 Å². The van der Waals surface area contributed by atoms with Gasteiger partial charge in [-0.25, -0.2) is 0 Å². The van der Waals surface area contributed by atoms with Crippen molar-refractivity contribution in [3.05, 3.63) is 28.7 Å².